The van der Waals surface area contributed by atoms with Crippen molar-refractivity contribution in [3.8, 4) is 6.07 Å². The molecule has 1 saturated carbocycles. The minimum atomic E-state index is 0.510. The Kier molecular flexibility index (Phi) is 3.19. The summed E-state index contributed by atoms with van der Waals surface area (Å²) in [6, 6.07) is 6.69. The van der Waals surface area contributed by atoms with E-state index in [1.165, 1.54) is 44.2 Å². The Morgan fingerprint density at radius 1 is 1.17 bits per heavy atom. The summed E-state index contributed by atoms with van der Waals surface area (Å²) in [5.74, 6) is 0.878. The van der Waals surface area contributed by atoms with Crippen LogP contribution in [0.2, 0.25) is 0 Å². The van der Waals surface area contributed by atoms with Gasteiger partial charge in [-0.15, -0.1) is 0 Å². The molecule has 18 heavy (non-hydrogen) atoms. The molecule has 1 aliphatic heterocycles. The molecule has 3 nitrogen and oxygen atoms in total. The lowest BCUT2D eigenvalue weighted by Gasteiger charge is -2.45. The molecule has 2 fully saturated rings. The fourth-order valence-corrected chi connectivity index (χ4v) is 3.57. The Morgan fingerprint density at radius 2 is 2.00 bits per heavy atom. The van der Waals surface area contributed by atoms with Gasteiger partial charge >= 0.3 is 0 Å². The van der Waals surface area contributed by atoms with Crippen molar-refractivity contribution in [2.45, 2.75) is 44.6 Å². The average molecular weight is 241 g/mol. The predicted octanol–water partition coefficient (Wildman–Crippen LogP) is 3.11. The number of nitrogens with zero attached hydrogens (tertiary/aromatic N) is 3. The van der Waals surface area contributed by atoms with Gasteiger partial charge in [0.25, 0.3) is 0 Å². The molecular weight excluding hydrogens is 222 g/mol. The summed E-state index contributed by atoms with van der Waals surface area (Å²) in [5.41, 5.74) is 1.71. The van der Waals surface area contributed by atoms with Crippen molar-refractivity contribution in [3.63, 3.8) is 0 Å². The topological polar surface area (TPSA) is 39.9 Å². The highest BCUT2D eigenvalue weighted by Crippen LogP contribution is 2.37. The second kappa shape index (κ2) is 4.97. The highest BCUT2D eigenvalue weighted by atomic mass is 15.2. The maximum atomic E-state index is 8.80. The van der Waals surface area contributed by atoms with E-state index in [9.17, 15) is 0 Å². The molecule has 2 atom stereocenters. The number of hydrogen-bond donors (Lipinski definition) is 0. The van der Waals surface area contributed by atoms with Crippen LogP contribution in [-0.4, -0.2) is 17.6 Å². The number of aromatic nitrogens is 1. The molecule has 94 valence electrons. The van der Waals surface area contributed by atoms with Gasteiger partial charge in [-0.3, -0.25) is 0 Å². The Bertz CT molecular complexity index is 444. The Hall–Kier alpha value is -1.56. The summed E-state index contributed by atoms with van der Waals surface area (Å²) in [4.78, 5) is 6.74. The SMILES string of the molecule is N#Cc1ccc(N2CCCC3CCCCC32)cn1. The standard InChI is InChI=1S/C15H19N3/c16-10-13-7-8-14(11-17-13)18-9-3-5-12-4-1-2-6-15(12)18/h7-8,11-12,15H,1-6,9H2. The Balaban J connectivity index is 1.82. The van der Waals surface area contributed by atoms with Gasteiger partial charge in [-0.2, -0.15) is 5.26 Å². The van der Waals surface area contributed by atoms with Gasteiger partial charge in [0.1, 0.15) is 11.8 Å². The second-order valence-electron chi connectivity index (χ2n) is 5.46. The quantitative estimate of drug-likeness (QED) is 0.758. The molecule has 0 aromatic carbocycles. The molecule has 2 heterocycles. The van der Waals surface area contributed by atoms with Gasteiger partial charge in [0.2, 0.25) is 0 Å². The number of fused-ring (bicyclic) bond motifs is 1. The molecule has 3 heteroatoms. The van der Waals surface area contributed by atoms with Crippen LogP contribution in [0.25, 0.3) is 0 Å². The lowest BCUT2D eigenvalue weighted by molar-refractivity contribution is 0.243. The average Bonchev–Trinajstić information content (AvgIpc) is 2.47. The highest BCUT2D eigenvalue weighted by molar-refractivity contribution is 5.47. The third-order valence-electron chi connectivity index (χ3n) is 4.44. The Morgan fingerprint density at radius 3 is 2.78 bits per heavy atom. The summed E-state index contributed by atoms with van der Waals surface area (Å²) < 4.78 is 0. The Labute approximate surface area is 108 Å². The van der Waals surface area contributed by atoms with E-state index in [-0.39, 0.29) is 0 Å². The van der Waals surface area contributed by atoms with Crippen LogP contribution < -0.4 is 4.90 Å². The molecule has 0 spiro atoms. The number of hydrogen-bond acceptors (Lipinski definition) is 3. The molecule has 3 rings (SSSR count). The summed E-state index contributed by atoms with van der Waals surface area (Å²) in [6.45, 7) is 1.15. The van der Waals surface area contributed by atoms with Crippen LogP contribution in [-0.2, 0) is 0 Å². The zero-order valence-corrected chi connectivity index (χ0v) is 10.7. The van der Waals surface area contributed by atoms with Crippen LogP contribution >= 0.6 is 0 Å². The summed E-state index contributed by atoms with van der Waals surface area (Å²) in [5, 5.41) is 8.80. The zero-order valence-electron chi connectivity index (χ0n) is 10.7. The number of nitriles is 1. The van der Waals surface area contributed by atoms with Crippen LogP contribution in [0.1, 0.15) is 44.2 Å². The first kappa shape index (κ1) is 11.5. The van der Waals surface area contributed by atoms with Crippen molar-refractivity contribution in [1.29, 1.82) is 5.26 Å². The first-order valence-corrected chi connectivity index (χ1v) is 7.01. The molecule has 0 N–H and O–H groups in total. The number of rotatable bonds is 1. The van der Waals surface area contributed by atoms with E-state index < -0.39 is 0 Å². The molecule has 2 aliphatic rings. The van der Waals surface area contributed by atoms with E-state index in [4.69, 9.17) is 5.26 Å². The van der Waals surface area contributed by atoms with E-state index in [1.54, 1.807) is 0 Å². The largest absolute Gasteiger partial charge is 0.367 e. The van der Waals surface area contributed by atoms with E-state index in [0.29, 0.717) is 11.7 Å². The van der Waals surface area contributed by atoms with Gasteiger partial charge in [-0.05, 0) is 43.7 Å². The first-order valence-electron chi connectivity index (χ1n) is 7.01. The molecule has 1 aromatic heterocycles. The van der Waals surface area contributed by atoms with Gasteiger partial charge in [-0.1, -0.05) is 12.8 Å². The molecule has 0 radical (unpaired) electrons. The minimum Gasteiger partial charge on any atom is -0.367 e. The minimum absolute atomic E-state index is 0.510. The van der Waals surface area contributed by atoms with Crippen molar-refractivity contribution in [2.75, 3.05) is 11.4 Å². The molecule has 2 unspecified atom stereocenters. The van der Waals surface area contributed by atoms with Crippen LogP contribution in [0.3, 0.4) is 0 Å². The van der Waals surface area contributed by atoms with Crippen LogP contribution in [0, 0.1) is 17.2 Å². The van der Waals surface area contributed by atoms with Gasteiger partial charge in [0, 0.05) is 12.6 Å². The van der Waals surface area contributed by atoms with Crippen molar-refractivity contribution in [2.24, 2.45) is 5.92 Å². The maximum absolute atomic E-state index is 8.80. The molecule has 1 saturated heterocycles. The van der Waals surface area contributed by atoms with E-state index >= 15 is 0 Å². The lowest BCUT2D eigenvalue weighted by atomic mass is 9.78. The van der Waals surface area contributed by atoms with E-state index in [0.717, 1.165) is 12.5 Å². The third-order valence-corrected chi connectivity index (χ3v) is 4.44. The summed E-state index contributed by atoms with van der Waals surface area (Å²) in [7, 11) is 0. The van der Waals surface area contributed by atoms with Crippen LogP contribution in [0.5, 0.6) is 0 Å². The van der Waals surface area contributed by atoms with Crippen molar-refractivity contribution < 1.29 is 0 Å². The van der Waals surface area contributed by atoms with Crippen LogP contribution in [0.4, 0.5) is 5.69 Å². The smallest absolute Gasteiger partial charge is 0.140 e. The first-order chi connectivity index (χ1) is 8.88. The number of pyridine rings is 1. The molecule has 1 aromatic rings. The number of anilines is 1. The van der Waals surface area contributed by atoms with Gasteiger partial charge < -0.3 is 4.90 Å². The van der Waals surface area contributed by atoms with Crippen molar-refractivity contribution in [3.05, 3.63) is 24.0 Å². The normalized spacial score (nSPS) is 27.4. The van der Waals surface area contributed by atoms with E-state index in [2.05, 4.69) is 22.0 Å². The van der Waals surface area contributed by atoms with Crippen LogP contribution in [0.15, 0.2) is 18.3 Å². The maximum Gasteiger partial charge on any atom is 0.140 e. The molecular formula is C15H19N3. The monoisotopic (exact) mass is 241 g/mol. The predicted molar refractivity (Wildman–Crippen MR) is 71.3 cm³/mol. The fraction of sp³-hybridized carbons (Fsp3) is 0.600. The van der Waals surface area contributed by atoms with Gasteiger partial charge in [0.05, 0.1) is 11.9 Å². The summed E-state index contributed by atoms with van der Waals surface area (Å²) >= 11 is 0. The van der Waals surface area contributed by atoms with Gasteiger partial charge in [0.15, 0.2) is 0 Å². The van der Waals surface area contributed by atoms with E-state index in [1.807, 2.05) is 12.3 Å². The second-order valence-corrected chi connectivity index (χ2v) is 5.46. The van der Waals surface area contributed by atoms with Crippen molar-refractivity contribution >= 4 is 5.69 Å². The zero-order chi connectivity index (χ0) is 12.4. The highest BCUT2D eigenvalue weighted by Gasteiger charge is 2.33. The summed E-state index contributed by atoms with van der Waals surface area (Å²) in [6.07, 6.45) is 10.0. The fourth-order valence-electron chi connectivity index (χ4n) is 3.57. The van der Waals surface area contributed by atoms with Crippen molar-refractivity contribution in [1.82, 2.24) is 4.98 Å². The molecule has 0 bridgehead atoms. The molecule has 0 amide bonds. The number of piperidine rings is 1. The van der Waals surface area contributed by atoms with Gasteiger partial charge in [-0.25, -0.2) is 4.98 Å². The third kappa shape index (κ3) is 2.08. The molecule has 1 aliphatic carbocycles. The lowest BCUT2D eigenvalue weighted by Crippen LogP contribution is -2.46.